The second-order valence-corrected chi connectivity index (χ2v) is 8.09. The second kappa shape index (κ2) is 10.5. The van der Waals surface area contributed by atoms with E-state index in [4.69, 9.17) is 4.74 Å². The first-order valence-electron chi connectivity index (χ1n) is 10.7. The number of nitrogens with zero attached hydrogens (tertiary/aromatic N) is 2. The maximum atomic E-state index is 13.3. The molecule has 2 fully saturated rings. The molecular weight excluding hydrogens is 384 g/mol. The van der Waals surface area contributed by atoms with E-state index in [2.05, 4.69) is 15.5 Å². The molecule has 1 aliphatic heterocycles. The molecule has 1 aromatic rings. The molecule has 1 saturated carbocycles. The third kappa shape index (κ3) is 5.79. The van der Waals surface area contributed by atoms with Crippen LogP contribution in [0.1, 0.15) is 32.6 Å². The summed E-state index contributed by atoms with van der Waals surface area (Å²) in [6.45, 7) is 4.16. The van der Waals surface area contributed by atoms with Crippen LogP contribution in [0, 0.1) is 5.92 Å². The Morgan fingerprint density at radius 1 is 1.00 bits per heavy atom. The van der Waals surface area contributed by atoms with Crippen molar-refractivity contribution in [2.75, 3.05) is 50.5 Å². The summed E-state index contributed by atoms with van der Waals surface area (Å²) in [5.41, 5.74) is 1.41. The van der Waals surface area contributed by atoms with Gasteiger partial charge < -0.3 is 20.3 Å². The largest absolute Gasteiger partial charge is 0.375 e. The smallest absolute Gasteiger partial charge is 0.248 e. The van der Waals surface area contributed by atoms with Crippen molar-refractivity contribution in [1.82, 2.24) is 9.80 Å². The van der Waals surface area contributed by atoms with E-state index in [0.717, 1.165) is 25.7 Å². The van der Waals surface area contributed by atoms with Crippen molar-refractivity contribution in [3.05, 3.63) is 24.3 Å². The zero-order chi connectivity index (χ0) is 21.5. The van der Waals surface area contributed by atoms with Gasteiger partial charge in [-0.25, -0.2) is 0 Å². The number of methoxy groups -OCH3 is 1. The highest BCUT2D eigenvalue weighted by Crippen LogP contribution is 2.31. The molecule has 0 aromatic heterocycles. The maximum absolute atomic E-state index is 13.3. The monoisotopic (exact) mass is 416 g/mol. The van der Waals surface area contributed by atoms with Crippen LogP contribution in [0.3, 0.4) is 0 Å². The third-order valence-electron chi connectivity index (χ3n) is 5.92. The minimum Gasteiger partial charge on any atom is -0.375 e. The summed E-state index contributed by atoms with van der Waals surface area (Å²) in [6, 6.07) is 6.97. The lowest BCUT2D eigenvalue weighted by Gasteiger charge is -2.40. The summed E-state index contributed by atoms with van der Waals surface area (Å²) < 4.78 is 4.95. The zero-order valence-electron chi connectivity index (χ0n) is 17.9. The molecule has 8 nitrogen and oxygen atoms in total. The Balaban J connectivity index is 1.64. The Bertz CT molecular complexity index is 738. The van der Waals surface area contributed by atoms with Gasteiger partial charge in [-0.05, 0) is 43.0 Å². The summed E-state index contributed by atoms with van der Waals surface area (Å²) >= 11 is 0. The van der Waals surface area contributed by atoms with Gasteiger partial charge in [0.15, 0.2) is 0 Å². The summed E-state index contributed by atoms with van der Waals surface area (Å²) in [6.07, 6.45) is 4.43. The molecule has 1 atom stereocenters. The van der Waals surface area contributed by atoms with Crippen molar-refractivity contribution in [1.29, 1.82) is 0 Å². The van der Waals surface area contributed by atoms with Gasteiger partial charge in [-0.3, -0.25) is 19.3 Å². The van der Waals surface area contributed by atoms with E-state index in [1.807, 2.05) is 4.90 Å². The maximum Gasteiger partial charge on any atom is 0.248 e. The normalized spacial score (nSPS) is 18.8. The van der Waals surface area contributed by atoms with Gasteiger partial charge in [0.2, 0.25) is 17.7 Å². The number of carbonyl (C=O) groups is 3. The van der Waals surface area contributed by atoms with Crippen LogP contribution in [0.4, 0.5) is 11.4 Å². The molecule has 1 aromatic carbocycles. The van der Waals surface area contributed by atoms with Gasteiger partial charge >= 0.3 is 0 Å². The predicted molar refractivity (Wildman–Crippen MR) is 115 cm³/mol. The number of hydrogen-bond acceptors (Lipinski definition) is 5. The molecule has 1 saturated heterocycles. The van der Waals surface area contributed by atoms with Gasteiger partial charge in [0.05, 0.1) is 6.04 Å². The molecule has 0 radical (unpaired) electrons. The Kier molecular flexibility index (Phi) is 7.81. The van der Waals surface area contributed by atoms with Crippen molar-refractivity contribution < 1.29 is 19.1 Å². The summed E-state index contributed by atoms with van der Waals surface area (Å²) in [5, 5.41) is 5.78. The van der Waals surface area contributed by atoms with Gasteiger partial charge in [0.25, 0.3) is 0 Å². The van der Waals surface area contributed by atoms with E-state index >= 15 is 0 Å². The molecular formula is C22H32N4O4. The summed E-state index contributed by atoms with van der Waals surface area (Å²) in [5.74, 6) is 0.213. The molecule has 2 aliphatic rings. The first-order chi connectivity index (χ1) is 14.5. The van der Waals surface area contributed by atoms with E-state index in [1.54, 1.807) is 24.3 Å². The van der Waals surface area contributed by atoms with E-state index in [-0.39, 0.29) is 30.4 Å². The van der Waals surface area contributed by atoms with Gasteiger partial charge in [0.1, 0.15) is 6.61 Å². The average molecular weight is 417 g/mol. The zero-order valence-corrected chi connectivity index (χ0v) is 17.9. The molecule has 3 rings (SSSR count). The van der Waals surface area contributed by atoms with Crippen LogP contribution < -0.4 is 10.6 Å². The van der Waals surface area contributed by atoms with E-state index in [9.17, 15) is 14.4 Å². The van der Waals surface area contributed by atoms with Crippen molar-refractivity contribution >= 4 is 29.1 Å². The number of carbonyl (C=O) groups excluding carboxylic acids is 3. The lowest BCUT2D eigenvalue weighted by atomic mass is 9.95. The van der Waals surface area contributed by atoms with Crippen molar-refractivity contribution in [2.45, 2.75) is 38.6 Å². The van der Waals surface area contributed by atoms with Crippen LogP contribution in [0.2, 0.25) is 0 Å². The SMILES string of the molecule is COCC(=O)N1CCN(C(C(=O)Nc2ccc(NC(C)=O)cc2)C2CCCC2)CC1. The number of anilines is 2. The van der Waals surface area contributed by atoms with Crippen molar-refractivity contribution in [2.24, 2.45) is 5.92 Å². The quantitative estimate of drug-likeness (QED) is 0.709. The number of piperazine rings is 1. The molecule has 0 spiro atoms. The fourth-order valence-electron chi connectivity index (χ4n) is 4.47. The number of ether oxygens (including phenoxy) is 1. The van der Waals surface area contributed by atoms with Crippen LogP contribution >= 0.6 is 0 Å². The Labute approximate surface area is 177 Å². The molecule has 30 heavy (non-hydrogen) atoms. The fourth-order valence-corrected chi connectivity index (χ4v) is 4.47. The highest BCUT2D eigenvalue weighted by molar-refractivity contribution is 5.95. The van der Waals surface area contributed by atoms with E-state index in [0.29, 0.717) is 43.5 Å². The van der Waals surface area contributed by atoms with E-state index < -0.39 is 0 Å². The molecule has 164 valence electrons. The first kappa shape index (κ1) is 22.2. The Morgan fingerprint density at radius 3 is 2.10 bits per heavy atom. The molecule has 1 unspecified atom stereocenters. The number of amides is 3. The van der Waals surface area contributed by atoms with Gasteiger partial charge in [-0.15, -0.1) is 0 Å². The van der Waals surface area contributed by atoms with Crippen LogP contribution in [0.5, 0.6) is 0 Å². The molecule has 2 N–H and O–H groups in total. The number of rotatable bonds is 7. The predicted octanol–water partition coefficient (Wildman–Crippen LogP) is 1.93. The Hall–Kier alpha value is -2.45. The van der Waals surface area contributed by atoms with E-state index in [1.165, 1.54) is 14.0 Å². The molecule has 0 bridgehead atoms. The minimum atomic E-state index is -0.192. The average Bonchev–Trinajstić information content (AvgIpc) is 3.24. The standard InChI is InChI=1S/C22H32N4O4/c1-16(27)23-18-7-9-19(10-8-18)24-22(29)21(17-5-3-4-6-17)26-13-11-25(12-14-26)20(28)15-30-2/h7-10,17,21H,3-6,11-15H2,1-2H3,(H,23,27)(H,24,29). The van der Waals surface area contributed by atoms with Crippen molar-refractivity contribution in [3.63, 3.8) is 0 Å². The highest BCUT2D eigenvalue weighted by Gasteiger charge is 2.37. The Morgan fingerprint density at radius 2 is 1.57 bits per heavy atom. The van der Waals surface area contributed by atoms with Crippen LogP contribution in [-0.4, -0.2) is 73.5 Å². The van der Waals surface area contributed by atoms with Crippen LogP contribution in [-0.2, 0) is 19.1 Å². The highest BCUT2D eigenvalue weighted by atomic mass is 16.5. The first-order valence-corrected chi connectivity index (χ1v) is 10.7. The fraction of sp³-hybridized carbons (Fsp3) is 0.591. The van der Waals surface area contributed by atoms with Gasteiger partial charge in [-0.2, -0.15) is 0 Å². The molecule has 1 heterocycles. The van der Waals surface area contributed by atoms with Gasteiger partial charge in [-0.1, -0.05) is 12.8 Å². The minimum absolute atomic E-state index is 0.00159. The third-order valence-corrected chi connectivity index (χ3v) is 5.92. The van der Waals surface area contributed by atoms with Crippen LogP contribution in [0.15, 0.2) is 24.3 Å². The second-order valence-electron chi connectivity index (χ2n) is 8.09. The van der Waals surface area contributed by atoms with Gasteiger partial charge in [0, 0.05) is 51.6 Å². The molecule has 3 amide bonds. The number of benzene rings is 1. The van der Waals surface area contributed by atoms with Crippen molar-refractivity contribution in [3.8, 4) is 0 Å². The van der Waals surface area contributed by atoms with Crippen LogP contribution in [0.25, 0.3) is 0 Å². The summed E-state index contributed by atoms with van der Waals surface area (Å²) in [4.78, 5) is 40.5. The number of hydrogen-bond donors (Lipinski definition) is 2. The summed E-state index contributed by atoms with van der Waals surface area (Å²) in [7, 11) is 1.53. The lowest BCUT2D eigenvalue weighted by molar-refractivity contribution is -0.138. The lowest BCUT2D eigenvalue weighted by Crippen LogP contribution is -2.57. The molecule has 8 heteroatoms. The molecule has 1 aliphatic carbocycles. The topological polar surface area (TPSA) is 91.0 Å². The number of nitrogens with one attached hydrogen (secondary N) is 2.